The average Bonchev–Trinajstić information content (AvgIpc) is 3.20. The quantitative estimate of drug-likeness (QED) is 0.744. The molecule has 1 aliphatic carbocycles. The van der Waals surface area contributed by atoms with Crippen LogP contribution in [0.25, 0.3) is 0 Å². The highest BCUT2D eigenvalue weighted by molar-refractivity contribution is 7.88. The Labute approximate surface area is 132 Å². The van der Waals surface area contributed by atoms with Crippen molar-refractivity contribution in [1.29, 1.82) is 0 Å². The van der Waals surface area contributed by atoms with Gasteiger partial charge in [-0.15, -0.1) is 0 Å². The van der Waals surface area contributed by atoms with Gasteiger partial charge in [0.15, 0.2) is 0 Å². The molecule has 7 heteroatoms. The highest BCUT2D eigenvalue weighted by Crippen LogP contribution is 2.32. The van der Waals surface area contributed by atoms with E-state index >= 15 is 0 Å². The summed E-state index contributed by atoms with van der Waals surface area (Å²) >= 11 is 0. The average molecular weight is 330 g/mol. The van der Waals surface area contributed by atoms with Crippen LogP contribution < -0.4 is 0 Å². The van der Waals surface area contributed by atoms with Gasteiger partial charge in [0.05, 0.1) is 18.8 Å². The van der Waals surface area contributed by atoms with Crippen LogP contribution in [0.4, 0.5) is 0 Å². The third-order valence-electron chi connectivity index (χ3n) is 4.95. The van der Waals surface area contributed by atoms with E-state index in [1.165, 1.54) is 10.6 Å². The fourth-order valence-electron chi connectivity index (χ4n) is 3.49. The summed E-state index contributed by atoms with van der Waals surface area (Å²) in [5.41, 5.74) is 0. The number of sulfonamides is 1. The Morgan fingerprint density at radius 3 is 2.64 bits per heavy atom. The van der Waals surface area contributed by atoms with Gasteiger partial charge >= 0.3 is 0 Å². The number of carbonyl (C=O) groups is 1. The Hall–Kier alpha value is -0.660. The van der Waals surface area contributed by atoms with Crippen molar-refractivity contribution in [3.8, 4) is 0 Å². The summed E-state index contributed by atoms with van der Waals surface area (Å²) < 4.78 is 30.3. The Kier molecular flexibility index (Phi) is 4.75. The Morgan fingerprint density at radius 1 is 1.27 bits per heavy atom. The van der Waals surface area contributed by atoms with Crippen LogP contribution in [-0.2, 0) is 19.6 Å². The van der Waals surface area contributed by atoms with E-state index in [2.05, 4.69) is 0 Å². The summed E-state index contributed by atoms with van der Waals surface area (Å²) in [4.78, 5) is 14.9. The molecule has 0 aromatic carbocycles. The molecule has 2 heterocycles. The second kappa shape index (κ2) is 6.45. The first-order valence-corrected chi connectivity index (χ1v) is 10.1. The molecule has 2 aliphatic heterocycles. The molecule has 3 fully saturated rings. The van der Waals surface area contributed by atoms with Gasteiger partial charge in [-0.25, -0.2) is 12.7 Å². The largest absolute Gasteiger partial charge is 0.381 e. The maximum absolute atomic E-state index is 12.9. The van der Waals surface area contributed by atoms with Gasteiger partial charge in [0.2, 0.25) is 15.9 Å². The van der Waals surface area contributed by atoms with E-state index in [1.807, 2.05) is 4.90 Å². The van der Waals surface area contributed by atoms with E-state index in [-0.39, 0.29) is 11.8 Å². The van der Waals surface area contributed by atoms with Gasteiger partial charge in [-0.1, -0.05) is 0 Å². The lowest BCUT2D eigenvalue weighted by Gasteiger charge is -2.34. The number of ether oxygens (including phenoxy) is 1. The number of nitrogens with zero attached hydrogens (tertiary/aromatic N) is 2. The molecule has 22 heavy (non-hydrogen) atoms. The molecule has 126 valence electrons. The van der Waals surface area contributed by atoms with Crippen molar-refractivity contribution in [1.82, 2.24) is 9.21 Å². The fraction of sp³-hybridized carbons (Fsp3) is 0.933. The molecule has 0 spiro atoms. The second-order valence-electron chi connectivity index (χ2n) is 6.91. The number of hydrogen-bond donors (Lipinski definition) is 0. The number of piperidine rings is 1. The number of hydrogen-bond acceptors (Lipinski definition) is 4. The van der Waals surface area contributed by atoms with E-state index in [0.717, 1.165) is 51.9 Å². The van der Waals surface area contributed by atoms with Crippen LogP contribution in [0.3, 0.4) is 0 Å². The van der Waals surface area contributed by atoms with Crippen molar-refractivity contribution < 1.29 is 17.9 Å². The van der Waals surface area contributed by atoms with Gasteiger partial charge in [0.1, 0.15) is 0 Å². The predicted octanol–water partition coefficient (Wildman–Crippen LogP) is 0.686. The lowest BCUT2D eigenvalue weighted by molar-refractivity contribution is -0.138. The molecular formula is C15H26N2O4S. The molecule has 0 bridgehead atoms. The molecule has 3 aliphatic rings. The van der Waals surface area contributed by atoms with Crippen LogP contribution in [0, 0.1) is 11.8 Å². The molecule has 2 atom stereocenters. The van der Waals surface area contributed by atoms with Crippen LogP contribution in [-0.4, -0.2) is 68.7 Å². The SMILES string of the molecule is CS(=O)(=O)N1CCC[C@@H](C(=O)N(C[C@H]2CCOC2)C2CC2)C1. The third kappa shape index (κ3) is 3.81. The van der Waals surface area contributed by atoms with E-state index in [1.54, 1.807) is 0 Å². The van der Waals surface area contributed by atoms with Crippen molar-refractivity contribution in [3.63, 3.8) is 0 Å². The molecule has 0 N–H and O–H groups in total. The summed E-state index contributed by atoms with van der Waals surface area (Å²) in [5.74, 6) is 0.424. The number of carbonyl (C=O) groups excluding carboxylic acids is 1. The maximum atomic E-state index is 12.9. The molecule has 0 aromatic rings. The first-order chi connectivity index (χ1) is 10.4. The van der Waals surface area contributed by atoms with Crippen LogP contribution in [0.1, 0.15) is 32.1 Å². The summed E-state index contributed by atoms with van der Waals surface area (Å²) in [6.07, 6.45) is 6.00. The summed E-state index contributed by atoms with van der Waals surface area (Å²) in [5, 5.41) is 0. The molecule has 6 nitrogen and oxygen atoms in total. The molecular weight excluding hydrogens is 304 g/mol. The predicted molar refractivity (Wildman–Crippen MR) is 82.8 cm³/mol. The maximum Gasteiger partial charge on any atom is 0.227 e. The molecule has 0 unspecified atom stereocenters. The molecule has 2 saturated heterocycles. The minimum absolute atomic E-state index is 0.155. The monoisotopic (exact) mass is 330 g/mol. The zero-order chi connectivity index (χ0) is 15.7. The van der Waals surface area contributed by atoms with Gasteiger partial charge in [0.25, 0.3) is 0 Å². The van der Waals surface area contributed by atoms with Crippen molar-refractivity contribution in [2.75, 3.05) is 39.1 Å². The highest BCUT2D eigenvalue weighted by Gasteiger charge is 2.39. The van der Waals surface area contributed by atoms with Crippen molar-refractivity contribution in [2.45, 2.75) is 38.1 Å². The second-order valence-corrected chi connectivity index (χ2v) is 8.89. The van der Waals surface area contributed by atoms with Crippen LogP contribution >= 0.6 is 0 Å². The first kappa shape index (κ1) is 16.2. The normalized spacial score (nSPS) is 30.4. The zero-order valence-corrected chi connectivity index (χ0v) is 14.1. The minimum atomic E-state index is -3.20. The Bertz CT molecular complexity index is 512. The number of amides is 1. The standard InChI is InChI=1S/C15H26N2O4S/c1-22(19,20)16-7-2-3-13(10-16)15(18)17(14-4-5-14)9-12-6-8-21-11-12/h12-14H,2-11H2,1H3/t12-,13-/m1/s1. The summed E-state index contributed by atoms with van der Waals surface area (Å²) in [6.45, 7) is 3.21. The Morgan fingerprint density at radius 2 is 2.05 bits per heavy atom. The zero-order valence-electron chi connectivity index (χ0n) is 13.2. The van der Waals surface area contributed by atoms with Gasteiger partial charge in [0, 0.05) is 38.2 Å². The van der Waals surface area contributed by atoms with E-state index in [9.17, 15) is 13.2 Å². The topological polar surface area (TPSA) is 66.9 Å². The minimum Gasteiger partial charge on any atom is -0.381 e. The van der Waals surface area contributed by atoms with E-state index in [4.69, 9.17) is 4.74 Å². The van der Waals surface area contributed by atoms with Crippen molar-refractivity contribution in [3.05, 3.63) is 0 Å². The molecule has 1 amide bonds. The van der Waals surface area contributed by atoms with Crippen LogP contribution in [0.2, 0.25) is 0 Å². The fourth-order valence-corrected chi connectivity index (χ4v) is 4.40. The van der Waals surface area contributed by atoms with Crippen LogP contribution in [0.15, 0.2) is 0 Å². The van der Waals surface area contributed by atoms with Gasteiger partial charge < -0.3 is 9.64 Å². The lowest BCUT2D eigenvalue weighted by Crippen LogP contribution is -2.48. The van der Waals surface area contributed by atoms with Crippen LogP contribution in [0.5, 0.6) is 0 Å². The lowest BCUT2D eigenvalue weighted by atomic mass is 9.97. The van der Waals surface area contributed by atoms with Gasteiger partial charge in [-0.3, -0.25) is 4.79 Å². The molecule has 0 radical (unpaired) electrons. The molecule has 0 aromatic heterocycles. The first-order valence-electron chi connectivity index (χ1n) is 8.28. The highest BCUT2D eigenvalue weighted by atomic mass is 32.2. The summed E-state index contributed by atoms with van der Waals surface area (Å²) in [7, 11) is -3.20. The van der Waals surface area contributed by atoms with Crippen molar-refractivity contribution in [2.24, 2.45) is 11.8 Å². The van der Waals surface area contributed by atoms with Crippen molar-refractivity contribution >= 4 is 15.9 Å². The van der Waals surface area contributed by atoms with Gasteiger partial charge in [-0.2, -0.15) is 0 Å². The van der Waals surface area contributed by atoms with E-state index < -0.39 is 10.0 Å². The Balaban J connectivity index is 1.64. The number of rotatable bonds is 5. The van der Waals surface area contributed by atoms with E-state index in [0.29, 0.717) is 25.0 Å². The summed E-state index contributed by atoms with van der Waals surface area (Å²) in [6, 6.07) is 0.377. The molecule has 3 rings (SSSR count). The molecule has 1 saturated carbocycles. The smallest absolute Gasteiger partial charge is 0.227 e. The van der Waals surface area contributed by atoms with Gasteiger partial charge in [-0.05, 0) is 32.1 Å². The third-order valence-corrected chi connectivity index (χ3v) is 6.22.